The Morgan fingerprint density at radius 3 is 0.978 bits per heavy atom. The van der Waals surface area contributed by atoms with Gasteiger partial charge in [0.2, 0.25) is 0 Å². The number of hydrogen-bond donors (Lipinski definition) is 0. The summed E-state index contributed by atoms with van der Waals surface area (Å²) in [6.45, 7) is 8.56. The van der Waals surface area contributed by atoms with Crippen LogP contribution in [0.4, 0.5) is 0 Å². The van der Waals surface area contributed by atoms with E-state index in [-0.39, 0.29) is 12.2 Å². The second kappa shape index (κ2) is 31.9. The first kappa shape index (κ1) is 42.4. The molecule has 0 bridgehead atoms. The first-order valence-electron chi connectivity index (χ1n) is 20.4. The van der Waals surface area contributed by atoms with Crippen LogP contribution >= 0.6 is 0 Å². The van der Waals surface area contributed by atoms with Gasteiger partial charge in [-0.05, 0) is 64.2 Å². The van der Waals surface area contributed by atoms with Crippen LogP contribution in [0, 0.1) is 0 Å². The van der Waals surface area contributed by atoms with E-state index in [1.165, 1.54) is 180 Å². The van der Waals surface area contributed by atoms with E-state index in [2.05, 4.69) is 52.2 Å². The zero-order valence-corrected chi connectivity index (χ0v) is 31.4. The number of rotatable bonds is 34. The van der Waals surface area contributed by atoms with Crippen LogP contribution in [0.1, 0.15) is 194 Å². The normalized spacial score (nSPS) is 18.2. The summed E-state index contributed by atoms with van der Waals surface area (Å²) in [6.07, 6.45) is 48.1. The molecule has 0 amide bonds. The largest absolute Gasteiger partial charge is 0.369 e. The summed E-state index contributed by atoms with van der Waals surface area (Å²) in [5.74, 6) is 0. The van der Waals surface area contributed by atoms with Crippen molar-refractivity contribution in [3.63, 3.8) is 0 Å². The van der Waals surface area contributed by atoms with Gasteiger partial charge in [-0.2, -0.15) is 0 Å². The lowest BCUT2D eigenvalue weighted by Gasteiger charge is -2.22. The number of quaternary nitrogens is 1. The Morgan fingerprint density at radius 2 is 0.667 bits per heavy atom. The van der Waals surface area contributed by atoms with Crippen LogP contribution < -0.4 is 0 Å². The molecule has 0 saturated carbocycles. The topological polar surface area (TPSA) is 18.5 Å². The molecule has 45 heavy (non-hydrogen) atoms. The van der Waals surface area contributed by atoms with Gasteiger partial charge in [-0.1, -0.05) is 154 Å². The average Bonchev–Trinajstić information content (AvgIpc) is 3.32. The predicted octanol–water partition coefficient (Wildman–Crippen LogP) is 12.9. The molecule has 1 aliphatic heterocycles. The van der Waals surface area contributed by atoms with Crippen molar-refractivity contribution >= 4 is 0 Å². The molecular weight excluding hydrogens is 550 g/mol. The quantitative estimate of drug-likeness (QED) is 0.0399. The number of likely N-dealkylation sites (N-methyl/N-ethyl adjacent to an activating group) is 1. The molecule has 0 aromatic carbocycles. The molecule has 0 radical (unpaired) electrons. The lowest BCUT2D eigenvalue weighted by molar-refractivity contribution is -0.880. The highest BCUT2D eigenvalue weighted by atomic mass is 16.5. The van der Waals surface area contributed by atoms with E-state index in [4.69, 9.17) is 9.47 Å². The molecule has 0 spiro atoms. The van der Waals surface area contributed by atoms with Crippen molar-refractivity contribution in [3.05, 3.63) is 24.3 Å². The van der Waals surface area contributed by atoms with E-state index >= 15 is 0 Å². The first-order valence-corrected chi connectivity index (χ1v) is 20.4. The molecule has 0 aromatic heterocycles. The minimum Gasteiger partial charge on any atom is -0.369 e. The molecule has 0 aromatic rings. The maximum atomic E-state index is 6.40. The molecule has 266 valence electrons. The lowest BCUT2D eigenvalue weighted by atomic mass is 10.1. The number of ether oxygens (including phenoxy) is 2. The van der Waals surface area contributed by atoms with Gasteiger partial charge in [-0.3, -0.25) is 0 Å². The average molecular weight is 633 g/mol. The van der Waals surface area contributed by atoms with Crippen LogP contribution in [0.25, 0.3) is 0 Å². The summed E-state index contributed by atoms with van der Waals surface area (Å²) in [5, 5.41) is 0. The van der Waals surface area contributed by atoms with Gasteiger partial charge in [-0.25, -0.2) is 0 Å². The SMILES string of the molecule is CCCCCCCC/C=C\CCCCCCCCOC1C[N+](C)(C)C[C@H]1OCCCCCCCC/C=C\CCCCCCCC. The van der Waals surface area contributed by atoms with Gasteiger partial charge < -0.3 is 14.0 Å². The lowest BCUT2D eigenvalue weighted by Crippen LogP contribution is -2.38. The van der Waals surface area contributed by atoms with E-state index in [1.807, 2.05) is 0 Å². The fourth-order valence-electron chi connectivity index (χ4n) is 6.77. The van der Waals surface area contributed by atoms with Crippen LogP contribution in [0.2, 0.25) is 0 Å². The van der Waals surface area contributed by atoms with Crippen molar-refractivity contribution in [3.8, 4) is 0 Å². The van der Waals surface area contributed by atoms with Crippen LogP contribution in [-0.2, 0) is 9.47 Å². The van der Waals surface area contributed by atoms with Gasteiger partial charge in [0.05, 0.1) is 14.1 Å². The third kappa shape index (κ3) is 28.1. The maximum absolute atomic E-state index is 6.40. The van der Waals surface area contributed by atoms with E-state index in [9.17, 15) is 0 Å². The van der Waals surface area contributed by atoms with E-state index in [0.717, 1.165) is 30.8 Å². The summed E-state index contributed by atoms with van der Waals surface area (Å²) < 4.78 is 13.8. The Labute approximate surface area is 284 Å². The Morgan fingerprint density at radius 1 is 0.400 bits per heavy atom. The van der Waals surface area contributed by atoms with Gasteiger partial charge >= 0.3 is 0 Å². The predicted molar refractivity (Wildman–Crippen MR) is 200 cm³/mol. The molecule has 0 N–H and O–H groups in total. The summed E-state index contributed by atoms with van der Waals surface area (Å²) in [6, 6.07) is 0. The Kier molecular flexibility index (Phi) is 30.1. The van der Waals surface area contributed by atoms with Crippen molar-refractivity contribution in [1.29, 1.82) is 0 Å². The summed E-state index contributed by atoms with van der Waals surface area (Å²) in [4.78, 5) is 0. The highest BCUT2D eigenvalue weighted by molar-refractivity contribution is 4.82. The molecule has 1 unspecified atom stereocenters. The zero-order chi connectivity index (χ0) is 32.5. The second-order valence-electron chi connectivity index (χ2n) is 15.0. The minimum absolute atomic E-state index is 0.275. The molecule has 0 aliphatic carbocycles. The van der Waals surface area contributed by atoms with E-state index in [1.54, 1.807) is 0 Å². The van der Waals surface area contributed by atoms with Crippen LogP contribution in [0.3, 0.4) is 0 Å². The van der Waals surface area contributed by atoms with Crippen molar-refractivity contribution in [2.24, 2.45) is 0 Å². The number of likely N-dealkylation sites (tertiary alicyclic amines) is 1. The minimum atomic E-state index is 0.275. The summed E-state index contributed by atoms with van der Waals surface area (Å²) in [5.41, 5.74) is 0. The summed E-state index contributed by atoms with van der Waals surface area (Å²) >= 11 is 0. The number of hydrogen-bond acceptors (Lipinski definition) is 2. The molecule has 3 nitrogen and oxygen atoms in total. The molecule has 2 atom stereocenters. The van der Waals surface area contributed by atoms with Gasteiger partial charge in [0.15, 0.2) is 0 Å². The second-order valence-corrected chi connectivity index (χ2v) is 15.0. The fourth-order valence-corrected chi connectivity index (χ4v) is 6.77. The number of allylic oxidation sites excluding steroid dienone is 4. The molecule has 1 rings (SSSR count). The van der Waals surface area contributed by atoms with Crippen molar-refractivity contribution in [1.82, 2.24) is 0 Å². The molecule has 1 fully saturated rings. The molecule has 1 aliphatic rings. The van der Waals surface area contributed by atoms with Crippen molar-refractivity contribution < 1.29 is 14.0 Å². The van der Waals surface area contributed by atoms with Crippen LogP contribution in [-0.4, -0.2) is 57.1 Å². The summed E-state index contributed by atoms with van der Waals surface area (Å²) in [7, 11) is 4.65. The highest BCUT2D eigenvalue weighted by Gasteiger charge is 2.41. The van der Waals surface area contributed by atoms with Gasteiger partial charge in [0.25, 0.3) is 0 Å². The monoisotopic (exact) mass is 633 g/mol. The smallest absolute Gasteiger partial charge is 0.138 e. The standard InChI is InChI=1S/C42H82NO2/c1-5-7-9-11-13-15-17-19-21-23-25-27-29-31-33-35-37-44-41-39-43(3,4)40-42(41)45-38-36-34-32-30-28-26-24-22-20-18-16-14-12-10-8-6-2/h19-22,41-42H,5-18,23-40H2,1-4H3/q+1/b21-19-,22-20-/t41-,42?/m1/s1. The zero-order valence-electron chi connectivity index (χ0n) is 31.4. The number of unbranched alkanes of at least 4 members (excludes halogenated alkanes) is 24. The van der Waals surface area contributed by atoms with Crippen LogP contribution in [0.5, 0.6) is 0 Å². The van der Waals surface area contributed by atoms with Gasteiger partial charge in [0, 0.05) is 13.2 Å². The fraction of sp³-hybridized carbons (Fsp3) is 0.905. The molecule has 1 heterocycles. The van der Waals surface area contributed by atoms with Gasteiger partial charge in [0.1, 0.15) is 25.3 Å². The van der Waals surface area contributed by atoms with Gasteiger partial charge in [-0.15, -0.1) is 0 Å². The maximum Gasteiger partial charge on any atom is 0.138 e. The first-order chi connectivity index (χ1) is 22.1. The van der Waals surface area contributed by atoms with Crippen molar-refractivity contribution in [2.75, 3.05) is 40.4 Å². The Bertz CT molecular complexity index is 603. The molecule has 3 heteroatoms. The molecular formula is C42H82NO2+. The van der Waals surface area contributed by atoms with E-state index in [0.29, 0.717) is 0 Å². The van der Waals surface area contributed by atoms with Crippen molar-refractivity contribution in [2.45, 2.75) is 206 Å². The van der Waals surface area contributed by atoms with E-state index < -0.39 is 0 Å². The molecule has 1 saturated heterocycles. The third-order valence-corrected chi connectivity index (χ3v) is 9.74. The van der Waals surface area contributed by atoms with Crippen LogP contribution in [0.15, 0.2) is 24.3 Å². The third-order valence-electron chi connectivity index (χ3n) is 9.74. The number of nitrogens with zero attached hydrogens (tertiary/aromatic N) is 1. The Hall–Kier alpha value is -0.640. The Balaban J connectivity index is 1.93. The highest BCUT2D eigenvalue weighted by Crippen LogP contribution is 2.22.